The van der Waals surface area contributed by atoms with E-state index in [1.165, 1.54) is 17.5 Å². The number of aromatic nitrogens is 2. The van der Waals surface area contributed by atoms with Gasteiger partial charge in [-0.3, -0.25) is 4.79 Å². The molecule has 5 heteroatoms. The lowest BCUT2D eigenvalue weighted by molar-refractivity contribution is 0.101. The molecule has 0 radical (unpaired) electrons. The molecule has 1 fully saturated rings. The van der Waals surface area contributed by atoms with Crippen molar-refractivity contribution < 1.29 is 5.11 Å². The minimum Gasteiger partial charge on any atom is -0.391 e. The predicted octanol–water partition coefficient (Wildman–Crippen LogP) is 1.08. The van der Waals surface area contributed by atoms with Crippen LogP contribution in [0.1, 0.15) is 26.7 Å². The Kier molecular flexibility index (Phi) is 4.01. The Hall–Kier alpha value is -1.36. The Morgan fingerprint density at radius 1 is 1.56 bits per heavy atom. The van der Waals surface area contributed by atoms with E-state index >= 15 is 0 Å². The van der Waals surface area contributed by atoms with Gasteiger partial charge in [-0.25, -0.2) is 4.68 Å². The minimum atomic E-state index is -0.541. The van der Waals surface area contributed by atoms with Gasteiger partial charge < -0.3 is 10.4 Å². The molecule has 5 nitrogen and oxygen atoms in total. The van der Waals surface area contributed by atoms with Crippen LogP contribution in [-0.4, -0.2) is 27.5 Å². The van der Waals surface area contributed by atoms with Crippen molar-refractivity contribution in [3.8, 4) is 0 Å². The average Bonchev–Trinajstić information content (AvgIpc) is 3.13. The monoisotopic (exact) mass is 251 g/mol. The third kappa shape index (κ3) is 3.57. The maximum Gasteiger partial charge on any atom is 0.268 e. The number of rotatable bonds is 6. The SMILES string of the molecule is CC(C)C(O)Cn1ncc(NCC2CC2)cc1=O. The highest BCUT2D eigenvalue weighted by atomic mass is 16.3. The molecule has 18 heavy (non-hydrogen) atoms. The van der Waals surface area contributed by atoms with E-state index in [1.807, 2.05) is 13.8 Å². The first kappa shape index (κ1) is 13.1. The summed E-state index contributed by atoms with van der Waals surface area (Å²) in [6.45, 7) is 5.00. The first-order chi connectivity index (χ1) is 8.56. The minimum absolute atomic E-state index is 0.117. The largest absolute Gasteiger partial charge is 0.391 e. The van der Waals surface area contributed by atoms with Crippen LogP contribution in [-0.2, 0) is 6.54 Å². The summed E-state index contributed by atoms with van der Waals surface area (Å²) in [5, 5.41) is 17.0. The molecule has 1 aromatic heterocycles. The number of aliphatic hydroxyl groups excluding tert-OH is 1. The fraction of sp³-hybridized carbons (Fsp3) is 0.692. The van der Waals surface area contributed by atoms with Gasteiger partial charge in [-0.1, -0.05) is 13.8 Å². The van der Waals surface area contributed by atoms with Gasteiger partial charge in [-0.2, -0.15) is 5.10 Å². The molecule has 1 saturated carbocycles. The Morgan fingerprint density at radius 2 is 2.28 bits per heavy atom. The normalized spacial score (nSPS) is 16.9. The molecule has 1 heterocycles. The number of nitrogens with zero attached hydrogens (tertiary/aromatic N) is 2. The smallest absolute Gasteiger partial charge is 0.268 e. The Balaban J connectivity index is 1.97. The third-order valence-corrected chi connectivity index (χ3v) is 3.29. The van der Waals surface area contributed by atoms with Gasteiger partial charge in [0.1, 0.15) is 0 Å². The molecule has 1 atom stereocenters. The standard InChI is InChI=1S/C13H21N3O2/c1-9(2)12(17)8-16-13(18)5-11(7-15-16)14-6-10-3-4-10/h5,7,9-10,12,14,17H,3-4,6,8H2,1-2H3. The summed E-state index contributed by atoms with van der Waals surface area (Å²) in [6, 6.07) is 1.54. The molecule has 0 aliphatic heterocycles. The van der Waals surface area contributed by atoms with Gasteiger partial charge >= 0.3 is 0 Å². The predicted molar refractivity (Wildman–Crippen MR) is 70.6 cm³/mol. The second kappa shape index (κ2) is 5.52. The van der Waals surface area contributed by atoms with Crippen molar-refractivity contribution in [3.05, 3.63) is 22.6 Å². The first-order valence-corrected chi connectivity index (χ1v) is 6.55. The van der Waals surface area contributed by atoms with Crippen molar-refractivity contribution in [2.75, 3.05) is 11.9 Å². The second-order valence-corrected chi connectivity index (χ2v) is 5.40. The molecule has 1 unspecified atom stereocenters. The maximum atomic E-state index is 11.8. The average molecular weight is 251 g/mol. The highest BCUT2D eigenvalue weighted by Gasteiger charge is 2.20. The molecule has 0 spiro atoms. The van der Waals surface area contributed by atoms with Crippen LogP contribution in [0.2, 0.25) is 0 Å². The van der Waals surface area contributed by atoms with Crippen molar-refractivity contribution in [2.45, 2.75) is 39.3 Å². The Morgan fingerprint density at radius 3 is 2.83 bits per heavy atom. The summed E-state index contributed by atoms with van der Waals surface area (Å²) in [6.07, 6.45) is 3.66. The topological polar surface area (TPSA) is 67.2 Å². The summed E-state index contributed by atoms with van der Waals surface area (Å²) >= 11 is 0. The molecular weight excluding hydrogens is 230 g/mol. The van der Waals surface area contributed by atoms with Gasteiger partial charge in [0.15, 0.2) is 0 Å². The number of anilines is 1. The summed E-state index contributed by atoms with van der Waals surface area (Å²) in [7, 11) is 0. The van der Waals surface area contributed by atoms with E-state index in [-0.39, 0.29) is 18.0 Å². The summed E-state index contributed by atoms with van der Waals surface area (Å²) in [5.41, 5.74) is 0.595. The van der Waals surface area contributed by atoms with Gasteiger partial charge in [-0.05, 0) is 24.7 Å². The fourth-order valence-corrected chi connectivity index (χ4v) is 1.64. The maximum absolute atomic E-state index is 11.8. The molecule has 0 aromatic carbocycles. The van der Waals surface area contributed by atoms with Gasteiger partial charge in [0, 0.05) is 12.6 Å². The molecular formula is C13H21N3O2. The van der Waals surface area contributed by atoms with Crippen LogP contribution >= 0.6 is 0 Å². The van der Waals surface area contributed by atoms with Crippen molar-refractivity contribution in [1.82, 2.24) is 9.78 Å². The zero-order valence-electron chi connectivity index (χ0n) is 11.0. The van der Waals surface area contributed by atoms with Crippen LogP contribution in [0.25, 0.3) is 0 Å². The van der Waals surface area contributed by atoms with E-state index in [0.29, 0.717) is 0 Å². The van der Waals surface area contributed by atoms with E-state index < -0.39 is 6.10 Å². The van der Waals surface area contributed by atoms with Crippen LogP contribution in [0.5, 0.6) is 0 Å². The molecule has 0 bridgehead atoms. The van der Waals surface area contributed by atoms with Gasteiger partial charge in [0.2, 0.25) is 0 Å². The van der Waals surface area contributed by atoms with Crippen LogP contribution in [0.3, 0.4) is 0 Å². The number of aliphatic hydroxyl groups is 1. The molecule has 1 aliphatic carbocycles. The highest BCUT2D eigenvalue weighted by Crippen LogP contribution is 2.28. The summed E-state index contributed by atoms with van der Waals surface area (Å²) < 4.78 is 1.31. The second-order valence-electron chi connectivity index (χ2n) is 5.40. The first-order valence-electron chi connectivity index (χ1n) is 6.55. The van der Waals surface area contributed by atoms with Gasteiger partial charge in [0.05, 0.1) is 24.5 Å². The van der Waals surface area contributed by atoms with Crippen molar-refractivity contribution in [3.63, 3.8) is 0 Å². The molecule has 100 valence electrons. The molecule has 1 aromatic rings. The van der Waals surface area contributed by atoms with Gasteiger partial charge in [0.25, 0.3) is 5.56 Å². The van der Waals surface area contributed by atoms with E-state index in [1.54, 1.807) is 12.3 Å². The lowest BCUT2D eigenvalue weighted by atomic mass is 10.1. The molecule has 2 N–H and O–H groups in total. The van der Waals surface area contributed by atoms with Crippen molar-refractivity contribution >= 4 is 5.69 Å². The quantitative estimate of drug-likeness (QED) is 0.794. The zero-order chi connectivity index (χ0) is 13.1. The lowest BCUT2D eigenvalue weighted by Gasteiger charge is -2.15. The van der Waals surface area contributed by atoms with Crippen LogP contribution in [0, 0.1) is 11.8 Å². The molecule has 1 aliphatic rings. The van der Waals surface area contributed by atoms with E-state index in [9.17, 15) is 9.90 Å². The van der Waals surface area contributed by atoms with E-state index in [2.05, 4.69) is 10.4 Å². The van der Waals surface area contributed by atoms with Crippen LogP contribution < -0.4 is 10.9 Å². The number of nitrogens with one attached hydrogen (secondary N) is 1. The van der Waals surface area contributed by atoms with Crippen LogP contribution in [0.15, 0.2) is 17.1 Å². The van der Waals surface area contributed by atoms with Crippen LogP contribution in [0.4, 0.5) is 5.69 Å². The molecule has 0 amide bonds. The lowest BCUT2D eigenvalue weighted by Crippen LogP contribution is -2.31. The van der Waals surface area contributed by atoms with E-state index in [0.717, 1.165) is 18.2 Å². The number of hydrogen-bond donors (Lipinski definition) is 2. The summed E-state index contributed by atoms with van der Waals surface area (Å²) in [4.78, 5) is 11.8. The van der Waals surface area contributed by atoms with E-state index in [4.69, 9.17) is 0 Å². The Labute approximate surface area is 107 Å². The molecule has 2 rings (SSSR count). The fourth-order valence-electron chi connectivity index (χ4n) is 1.64. The highest BCUT2D eigenvalue weighted by molar-refractivity contribution is 5.38. The zero-order valence-corrected chi connectivity index (χ0v) is 11.0. The Bertz CT molecular complexity index is 452. The van der Waals surface area contributed by atoms with Crippen molar-refractivity contribution in [2.24, 2.45) is 11.8 Å². The third-order valence-electron chi connectivity index (χ3n) is 3.29. The molecule has 0 saturated heterocycles. The van der Waals surface area contributed by atoms with Crippen molar-refractivity contribution in [1.29, 1.82) is 0 Å². The number of hydrogen-bond acceptors (Lipinski definition) is 4. The van der Waals surface area contributed by atoms with Gasteiger partial charge in [-0.15, -0.1) is 0 Å². The summed E-state index contributed by atoms with van der Waals surface area (Å²) in [5.74, 6) is 0.876.